The second kappa shape index (κ2) is 10.3. The van der Waals surface area contributed by atoms with Gasteiger partial charge < -0.3 is 9.80 Å². The van der Waals surface area contributed by atoms with Crippen LogP contribution in [0.2, 0.25) is 0 Å². The van der Waals surface area contributed by atoms with Crippen molar-refractivity contribution in [3.05, 3.63) is 59.2 Å². The molecule has 2 saturated heterocycles. The molecule has 0 N–H and O–H groups in total. The number of amides is 1. The molecule has 3 aliphatic rings. The molecule has 0 spiro atoms. The molecule has 2 aromatic carbocycles. The van der Waals surface area contributed by atoms with Crippen LogP contribution in [0, 0.1) is 5.92 Å². The van der Waals surface area contributed by atoms with Crippen LogP contribution in [0.5, 0.6) is 0 Å². The van der Waals surface area contributed by atoms with E-state index in [1.807, 2.05) is 19.2 Å². The SMILES string of the molecule is CN(Cc1ccc(N2CCCCC2)cc1)C(=O)C1CCN(S(=O)(=O)c2ccc3c(c2)CCC3)CC1. The number of benzene rings is 2. The Morgan fingerprint density at radius 1 is 0.886 bits per heavy atom. The molecular formula is C28H37N3O3S. The second-order valence-corrected chi connectivity index (χ2v) is 12.3. The van der Waals surface area contributed by atoms with Crippen molar-refractivity contribution in [3.63, 3.8) is 0 Å². The Hall–Kier alpha value is -2.38. The van der Waals surface area contributed by atoms with Crippen molar-refractivity contribution < 1.29 is 13.2 Å². The highest BCUT2D eigenvalue weighted by atomic mass is 32.2. The predicted octanol–water partition coefficient (Wildman–Crippen LogP) is 4.22. The minimum atomic E-state index is -3.51. The summed E-state index contributed by atoms with van der Waals surface area (Å²) in [7, 11) is -1.65. The van der Waals surface area contributed by atoms with Gasteiger partial charge in [0.15, 0.2) is 0 Å². The number of anilines is 1. The van der Waals surface area contributed by atoms with E-state index >= 15 is 0 Å². The number of fused-ring (bicyclic) bond motifs is 1. The molecule has 0 bridgehead atoms. The quantitative estimate of drug-likeness (QED) is 0.602. The van der Waals surface area contributed by atoms with Gasteiger partial charge in [0.2, 0.25) is 15.9 Å². The Bertz CT molecular complexity index is 1150. The minimum Gasteiger partial charge on any atom is -0.372 e. The third-order valence-electron chi connectivity index (χ3n) is 7.96. The normalized spacial score (nSPS) is 19.5. The summed E-state index contributed by atoms with van der Waals surface area (Å²) in [6, 6.07) is 14.2. The third-order valence-corrected chi connectivity index (χ3v) is 9.86. The Morgan fingerprint density at radius 3 is 2.29 bits per heavy atom. The van der Waals surface area contributed by atoms with E-state index in [0.717, 1.165) is 37.9 Å². The summed E-state index contributed by atoms with van der Waals surface area (Å²) in [6.45, 7) is 3.62. The molecule has 0 unspecified atom stereocenters. The highest BCUT2D eigenvalue weighted by Crippen LogP contribution is 2.29. The van der Waals surface area contributed by atoms with Gasteiger partial charge in [-0.1, -0.05) is 18.2 Å². The molecule has 2 aliphatic heterocycles. The number of rotatable bonds is 6. The highest BCUT2D eigenvalue weighted by Gasteiger charge is 2.33. The second-order valence-electron chi connectivity index (χ2n) is 10.4. The van der Waals surface area contributed by atoms with Crippen molar-refractivity contribution >= 4 is 21.6 Å². The van der Waals surface area contributed by atoms with Crippen LogP contribution < -0.4 is 4.90 Å². The number of carbonyl (C=O) groups is 1. The van der Waals surface area contributed by atoms with Gasteiger partial charge in [-0.25, -0.2) is 8.42 Å². The average Bonchev–Trinajstić information content (AvgIpc) is 3.37. The fraction of sp³-hybridized carbons (Fsp3) is 0.536. The van der Waals surface area contributed by atoms with Crippen LogP contribution in [-0.4, -0.2) is 56.8 Å². The van der Waals surface area contributed by atoms with Crippen LogP contribution in [0.4, 0.5) is 5.69 Å². The fourth-order valence-electron chi connectivity index (χ4n) is 5.83. The lowest BCUT2D eigenvalue weighted by molar-refractivity contribution is -0.135. The standard InChI is InChI=1S/C28H37N3O3S/c1-29(21-22-8-11-26(12-9-22)30-16-3-2-4-17-30)28(32)24-14-18-31(19-15-24)35(33,34)27-13-10-23-6-5-7-25(23)20-27/h8-13,20,24H,2-7,14-19,21H2,1H3. The average molecular weight is 496 g/mol. The molecule has 0 aromatic heterocycles. The zero-order chi connectivity index (χ0) is 24.4. The van der Waals surface area contributed by atoms with Crippen LogP contribution in [0.1, 0.15) is 55.2 Å². The molecule has 6 nitrogen and oxygen atoms in total. The van der Waals surface area contributed by atoms with Gasteiger partial charge in [-0.2, -0.15) is 4.31 Å². The lowest BCUT2D eigenvalue weighted by atomic mass is 9.96. The first-order valence-corrected chi connectivity index (χ1v) is 14.6. The monoisotopic (exact) mass is 495 g/mol. The number of nitrogens with zero attached hydrogens (tertiary/aromatic N) is 3. The van der Waals surface area contributed by atoms with E-state index in [1.165, 1.54) is 36.1 Å². The summed E-state index contributed by atoms with van der Waals surface area (Å²) in [5.41, 5.74) is 4.83. The lowest BCUT2D eigenvalue weighted by Gasteiger charge is -2.32. The zero-order valence-electron chi connectivity index (χ0n) is 20.8. The van der Waals surface area contributed by atoms with Crippen LogP contribution in [-0.2, 0) is 34.2 Å². The summed E-state index contributed by atoms with van der Waals surface area (Å²) in [6.07, 6.45) is 8.08. The smallest absolute Gasteiger partial charge is 0.243 e. The van der Waals surface area contributed by atoms with Gasteiger partial charge in [-0.05, 0) is 92.3 Å². The Morgan fingerprint density at radius 2 is 1.57 bits per heavy atom. The van der Waals surface area contributed by atoms with Crippen molar-refractivity contribution in [3.8, 4) is 0 Å². The topological polar surface area (TPSA) is 60.9 Å². The molecular weight excluding hydrogens is 458 g/mol. The molecule has 2 aromatic rings. The van der Waals surface area contributed by atoms with E-state index in [2.05, 4.69) is 29.2 Å². The van der Waals surface area contributed by atoms with E-state index in [-0.39, 0.29) is 11.8 Å². The molecule has 35 heavy (non-hydrogen) atoms. The third kappa shape index (κ3) is 5.26. The summed E-state index contributed by atoms with van der Waals surface area (Å²) in [5.74, 6) is -0.0150. The van der Waals surface area contributed by atoms with E-state index in [9.17, 15) is 13.2 Å². The van der Waals surface area contributed by atoms with Gasteiger partial charge >= 0.3 is 0 Å². The number of carbonyl (C=O) groups excluding carboxylic acids is 1. The molecule has 2 heterocycles. The van der Waals surface area contributed by atoms with Gasteiger partial charge in [0, 0.05) is 51.4 Å². The van der Waals surface area contributed by atoms with Crippen LogP contribution in [0.3, 0.4) is 0 Å². The Kier molecular flexibility index (Phi) is 7.17. The van der Waals surface area contributed by atoms with E-state index in [1.54, 1.807) is 15.3 Å². The molecule has 1 aliphatic carbocycles. The number of hydrogen-bond donors (Lipinski definition) is 0. The summed E-state index contributed by atoms with van der Waals surface area (Å²) >= 11 is 0. The number of hydrogen-bond acceptors (Lipinski definition) is 4. The first-order valence-electron chi connectivity index (χ1n) is 13.1. The Balaban J connectivity index is 1.15. The van der Waals surface area contributed by atoms with Gasteiger partial charge in [0.1, 0.15) is 0 Å². The van der Waals surface area contributed by atoms with E-state index in [4.69, 9.17) is 0 Å². The first kappa shape index (κ1) is 24.3. The molecule has 0 radical (unpaired) electrons. The number of sulfonamides is 1. The summed E-state index contributed by atoms with van der Waals surface area (Å²) in [5, 5.41) is 0. The summed E-state index contributed by atoms with van der Waals surface area (Å²) < 4.78 is 28.0. The molecule has 0 atom stereocenters. The number of piperidine rings is 2. The molecule has 5 rings (SSSR count). The molecule has 2 fully saturated rings. The van der Waals surface area contributed by atoms with Crippen molar-refractivity contribution in [2.45, 2.75) is 62.8 Å². The van der Waals surface area contributed by atoms with Crippen molar-refractivity contribution in [2.24, 2.45) is 5.92 Å². The van der Waals surface area contributed by atoms with Gasteiger partial charge in [-0.15, -0.1) is 0 Å². The Labute approximate surface area is 210 Å². The maximum atomic E-state index is 13.2. The maximum absolute atomic E-state index is 13.2. The van der Waals surface area contributed by atoms with Crippen molar-refractivity contribution in [1.82, 2.24) is 9.21 Å². The maximum Gasteiger partial charge on any atom is 0.243 e. The first-order chi connectivity index (χ1) is 16.9. The van der Waals surface area contributed by atoms with E-state index < -0.39 is 10.0 Å². The summed E-state index contributed by atoms with van der Waals surface area (Å²) in [4.78, 5) is 17.8. The van der Waals surface area contributed by atoms with Gasteiger partial charge in [-0.3, -0.25) is 4.79 Å². The minimum absolute atomic E-state index is 0.111. The van der Waals surface area contributed by atoms with Gasteiger partial charge in [0.25, 0.3) is 0 Å². The van der Waals surface area contributed by atoms with Crippen LogP contribution in [0.15, 0.2) is 47.4 Å². The lowest BCUT2D eigenvalue weighted by Crippen LogP contribution is -2.43. The van der Waals surface area contributed by atoms with E-state index in [0.29, 0.717) is 37.4 Å². The van der Waals surface area contributed by atoms with Crippen molar-refractivity contribution in [2.75, 3.05) is 38.1 Å². The highest BCUT2D eigenvalue weighted by molar-refractivity contribution is 7.89. The number of aryl methyl sites for hydroxylation is 2. The molecule has 0 saturated carbocycles. The van der Waals surface area contributed by atoms with Crippen molar-refractivity contribution in [1.29, 1.82) is 0 Å². The predicted molar refractivity (Wildman–Crippen MR) is 139 cm³/mol. The largest absolute Gasteiger partial charge is 0.372 e. The molecule has 7 heteroatoms. The molecule has 1 amide bonds. The van der Waals surface area contributed by atoms with Crippen LogP contribution >= 0.6 is 0 Å². The molecule has 188 valence electrons. The zero-order valence-corrected chi connectivity index (χ0v) is 21.6. The fourth-order valence-corrected chi connectivity index (χ4v) is 7.35. The van der Waals surface area contributed by atoms with Gasteiger partial charge in [0.05, 0.1) is 4.90 Å². The van der Waals surface area contributed by atoms with Crippen LogP contribution in [0.25, 0.3) is 0 Å².